The van der Waals surface area contributed by atoms with Gasteiger partial charge < -0.3 is 9.55 Å². The summed E-state index contributed by atoms with van der Waals surface area (Å²) in [6.45, 7) is 0. The van der Waals surface area contributed by atoms with Crippen LogP contribution < -0.4 is 0 Å². The summed E-state index contributed by atoms with van der Waals surface area (Å²) in [5.74, 6) is 0. The molecular formula is C44H27N2+. The highest BCUT2D eigenvalue weighted by Crippen LogP contribution is 2.45. The number of aromatic nitrogens is 2. The SMILES string of the molecule is [C+]1=Cc2c(c(-c3cc4c5ccccc5[nH]c4c4ccccc34)cc3c2c2ccccc2n3-c2ccc(-c3ccccc3)cc2)C=C1. The minimum Gasteiger partial charge on any atom is -0.354 e. The molecule has 2 heterocycles. The molecule has 0 atom stereocenters. The van der Waals surface area contributed by atoms with Gasteiger partial charge in [0.15, 0.2) is 0 Å². The van der Waals surface area contributed by atoms with E-state index in [1.807, 2.05) is 6.08 Å². The van der Waals surface area contributed by atoms with E-state index < -0.39 is 0 Å². The number of nitrogens with one attached hydrogen (secondary N) is 1. The van der Waals surface area contributed by atoms with Gasteiger partial charge in [0.2, 0.25) is 0 Å². The van der Waals surface area contributed by atoms with Crippen LogP contribution in [0.2, 0.25) is 0 Å². The smallest absolute Gasteiger partial charge is 0.112 e. The predicted octanol–water partition coefficient (Wildman–Crippen LogP) is 11.7. The van der Waals surface area contributed by atoms with Crippen molar-refractivity contribution in [3.05, 3.63) is 163 Å². The molecule has 0 spiro atoms. The molecule has 212 valence electrons. The normalized spacial score (nSPS) is 12.4. The Labute approximate surface area is 266 Å². The van der Waals surface area contributed by atoms with Crippen LogP contribution >= 0.6 is 0 Å². The summed E-state index contributed by atoms with van der Waals surface area (Å²) >= 11 is 0. The second-order valence-corrected chi connectivity index (χ2v) is 12.1. The third kappa shape index (κ3) is 3.56. The molecule has 10 rings (SSSR count). The summed E-state index contributed by atoms with van der Waals surface area (Å²) < 4.78 is 2.43. The summed E-state index contributed by atoms with van der Waals surface area (Å²) in [6.07, 6.45) is 9.87. The van der Waals surface area contributed by atoms with Gasteiger partial charge in [-0.05, 0) is 58.5 Å². The molecular weight excluding hydrogens is 556 g/mol. The van der Waals surface area contributed by atoms with Crippen molar-refractivity contribution in [2.45, 2.75) is 0 Å². The molecule has 0 amide bonds. The van der Waals surface area contributed by atoms with Gasteiger partial charge in [0, 0.05) is 44.4 Å². The van der Waals surface area contributed by atoms with Crippen LogP contribution in [0.25, 0.3) is 94.5 Å². The lowest BCUT2D eigenvalue weighted by atomic mass is 9.87. The maximum absolute atomic E-state index is 3.72. The molecule has 2 nitrogen and oxygen atoms in total. The third-order valence-corrected chi connectivity index (χ3v) is 9.66. The van der Waals surface area contributed by atoms with Gasteiger partial charge in [0.1, 0.15) is 23.3 Å². The maximum Gasteiger partial charge on any atom is 0.112 e. The fraction of sp³-hybridized carbons (Fsp3) is 0. The highest BCUT2D eigenvalue weighted by molar-refractivity contribution is 6.22. The molecule has 0 fully saturated rings. The van der Waals surface area contributed by atoms with Gasteiger partial charge in [-0.15, -0.1) is 0 Å². The monoisotopic (exact) mass is 583 g/mol. The molecule has 1 N–H and O–H groups in total. The van der Waals surface area contributed by atoms with E-state index in [1.54, 1.807) is 0 Å². The highest BCUT2D eigenvalue weighted by atomic mass is 15.0. The first-order valence-corrected chi connectivity index (χ1v) is 15.8. The Morgan fingerprint density at radius 3 is 2.04 bits per heavy atom. The first kappa shape index (κ1) is 25.2. The lowest BCUT2D eigenvalue weighted by molar-refractivity contribution is 1.18. The van der Waals surface area contributed by atoms with E-state index in [9.17, 15) is 0 Å². The Morgan fingerprint density at radius 1 is 0.500 bits per heavy atom. The Hall–Kier alpha value is -6.21. The number of rotatable bonds is 3. The number of allylic oxidation sites excluding steroid dienone is 2. The second kappa shape index (κ2) is 9.64. The van der Waals surface area contributed by atoms with Crippen LogP contribution in [0.4, 0.5) is 0 Å². The predicted molar refractivity (Wildman–Crippen MR) is 195 cm³/mol. The molecule has 0 bridgehead atoms. The molecule has 0 radical (unpaired) electrons. The van der Waals surface area contributed by atoms with Crippen LogP contribution in [-0.2, 0) is 0 Å². The van der Waals surface area contributed by atoms with E-state index in [0.717, 1.165) is 11.2 Å². The van der Waals surface area contributed by atoms with Gasteiger partial charge in [-0.2, -0.15) is 0 Å². The molecule has 2 aromatic heterocycles. The van der Waals surface area contributed by atoms with Gasteiger partial charge in [-0.3, -0.25) is 0 Å². The van der Waals surface area contributed by atoms with Crippen LogP contribution in [0.1, 0.15) is 11.1 Å². The zero-order chi connectivity index (χ0) is 30.2. The first-order valence-electron chi connectivity index (χ1n) is 15.8. The van der Waals surface area contributed by atoms with Gasteiger partial charge in [-0.25, -0.2) is 0 Å². The Morgan fingerprint density at radius 2 is 1.20 bits per heavy atom. The van der Waals surface area contributed by atoms with E-state index in [0.29, 0.717) is 0 Å². The number of para-hydroxylation sites is 2. The van der Waals surface area contributed by atoms with Crippen molar-refractivity contribution >= 4 is 66.5 Å². The Bertz CT molecular complexity index is 2720. The Kier molecular flexibility index (Phi) is 5.27. The minimum absolute atomic E-state index is 1.15. The number of hydrogen-bond acceptors (Lipinski definition) is 0. The lowest BCUT2D eigenvalue weighted by Crippen LogP contribution is -1.97. The van der Waals surface area contributed by atoms with E-state index in [4.69, 9.17) is 0 Å². The zero-order valence-corrected chi connectivity index (χ0v) is 25.0. The molecule has 0 unspecified atom stereocenters. The summed E-state index contributed by atoms with van der Waals surface area (Å²) in [5.41, 5.74) is 13.2. The summed E-state index contributed by atoms with van der Waals surface area (Å²) in [4.78, 5) is 3.72. The molecule has 0 aliphatic heterocycles. The average Bonchev–Trinajstić information content (AvgIpc) is 3.67. The minimum atomic E-state index is 1.15. The van der Waals surface area contributed by atoms with Gasteiger partial charge in [0.25, 0.3) is 0 Å². The van der Waals surface area contributed by atoms with E-state index in [1.165, 1.54) is 82.2 Å². The fourth-order valence-electron chi connectivity index (χ4n) is 7.61. The van der Waals surface area contributed by atoms with Gasteiger partial charge in [0.05, 0.1) is 28.0 Å². The fourth-order valence-corrected chi connectivity index (χ4v) is 7.61. The molecule has 2 heteroatoms. The van der Waals surface area contributed by atoms with Crippen molar-refractivity contribution in [3.8, 4) is 27.9 Å². The van der Waals surface area contributed by atoms with Crippen LogP contribution in [0.3, 0.4) is 0 Å². The van der Waals surface area contributed by atoms with E-state index >= 15 is 0 Å². The van der Waals surface area contributed by atoms with Crippen molar-refractivity contribution in [1.82, 2.24) is 9.55 Å². The van der Waals surface area contributed by atoms with Crippen molar-refractivity contribution < 1.29 is 0 Å². The van der Waals surface area contributed by atoms with Crippen molar-refractivity contribution in [2.75, 3.05) is 0 Å². The molecule has 46 heavy (non-hydrogen) atoms. The van der Waals surface area contributed by atoms with Crippen LogP contribution in [0.15, 0.2) is 146 Å². The number of benzene rings is 7. The second-order valence-electron chi connectivity index (χ2n) is 12.1. The summed E-state index contributed by atoms with van der Waals surface area (Å²) in [7, 11) is 0. The first-order chi connectivity index (χ1) is 22.8. The number of nitrogens with zero attached hydrogens (tertiary/aromatic N) is 1. The van der Waals surface area contributed by atoms with Crippen LogP contribution in [0, 0.1) is 6.08 Å². The number of fused-ring (bicyclic) bond motifs is 10. The average molecular weight is 584 g/mol. The highest BCUT2D eigenvalue weighted by Gasteiger charge is 2.26. The van der Waals surface area contributed by atoms with Crippen molar-refractivity contribution in [2.24, 2.45) is 0 Å². The maximum atomic E-state index is 3.72. The van der Waals surface area contributed by atoms with Gasteiger partial charge >= 0.3 is 0 Å². The quantitative estimate of drug-likeness (QED) is 0.200. The largest absolute Gasteiger partial charge is 0.354 e. The van der Waals surface area contributed by atoms with E-state index in [2.05, 4.69) is 167 Å². The third-order valence-electron chi connectivity index (χ3n) is 9.66. The molecule has 0 saturated carbocycles. The van der Waals surface area contributed by atoms with E-state index in [-0.39, 0.29) is 0 Å². The van der Waals surface area contributed by atoms with Crippen molar-refractivity contribution in [3.63, 3.8) is 0 Å². The lowest BCUT2D eigenvalue weighted by Gasteiger charge is -2.14. The molecule has 1 aliphatic carbocycles. The number of aromatic amines is 1. The molecule has 1 aliphatic rings. The number of H-pyrrole nitrogens is 1. The topological polar surface area (TPSA) is 20.7 Å². The summed E-state index contributed by atoms with van der Waals surface area (Å²) in [5, 5.41) is 7.48. The van der Waals surface area contributed by atoms with Gasteiger partial charge in [-0.1, -0.05) is 103 Å². The molecule has 7 aromatic carbocycles. The van der Waals surface area contributed by atoms with Crippen molar-refractivity contribution in [1.29, 1.82) is 0 Å². The molecule has 9 aromatic rings. The van der Waals surface area contributed by atoms with Crippen LogP contribution in [0.5, 0.6) is 0 Å². The Balaban J connectivity index is 1.31. The summed E-state index contributed by atoms with van der Waals surface area (Å²) in [6, 6.07) is 50.6. The number of hydrogen-bond donors (Lipinski definition) is 1. The standard InChI is InChI=1S/C44H27N2/c1-2-12-28(13-3-1)29-22-24-30(25-23-29)46-41-21-11-9-19-36(41)43-34-17-6-4-14-31(34)38(27-42(43)46)37-26-39-33-16-8-10-20-40(33)45-44(39)35-18-7-5-15-32(35)37/h1-5,7-27,45H/q+1. The zero-order valence-electron chi connectivity index (χ0n) is 25.0. The van der Waals surface area contributed by atoms with Crippen LogP contribution in [-0.4, -0.2) is 9.55 Å². The molecule has 0 saturated heterocycles.